The Hall–Kier alpha value is -2.83. The number of benzene rings is 1. The van der Waals surface area contributed by atoms with E-state index >= 15 is 0 Å². The fraction of sp³-hybridized carbons (Fsp3) is 0.353. The van der Waals surface area contributed by atoms with Gasteiger partial charge in [-0.1, -0.05) is 12.1 Å². The molecule has 4 rings (SSSR count). The molecule has 1 aromatic heterocycles. The van der Waals surface area contributed by atoms with Gasteiger partial charge in [0.05, 0.1) is 11.6 Å². The number of aromatic hydroxyl groups is 1. The van der Waals surface area contributed by atoms with Crippen LogP contribution >= 0.6 is 0 Å². The summed E-state index contributed by atoms with van der Waals surface area (Å²) < 4.78 is 5.11. The number of ether oxygens (including phenoxy) is 1. The van der Waals surface area contributed by atoms with E-state index in [-0.39, 0.29) is 17.9 Å². The number of hydrogen-bond donors (Lipinski definition) is 1. The van der Waals surface area contributed by atoms with Crippen LogP contribution in [-0.4, -0.2) is 58.4 Å². The maximum atomic E-state index is 11.6. The van der Waals surface area contributed by atoms with E-state index in [1.54, 1.807) is 23.1 Å². The molecular formula is C17H18N4O3. The van der Waals surface area contributed by atoms with Gasteiger partial charge in [-0.3, -0.25) is 4.90 Å². The summed E-state index contributed by atoms with van der Waals surface area (Å²) in [7, 11) is 0. The number of hydrogen-bond acceptors (Lipinski definition) is 6. The number of phenols is 1. The predicted octanol–water partition coefficient (Wildman–Crippen LogP) is 1.80. The number of cyclic esters (lactones) is 1. The minimum absolute atomic E-state index is 0.0649. The number of carbonyl (C=O) groups is 1. The van der Waals surface area contributed by atoms with Crippen LogP contribution in [0.2, 0.25) is 0 Å². The summed E-state index contributed by atoms with van der Waals surface area (Å²) in [5.41, 5.74) is 1.44. The van der Waals surface area contributed by atoms with Crippen molar-refractivity contribution in [3.8, 4) is 17.1 Å². The first kappa shape index (κ1) is 14.7. The number of anilines is 1. The molecule has 1 amide bonds. The molecule has 0 unspecified atom stereocenters. The SMILES string of the molecule is Cc1cc(N2CCN3C(=O)OC[C@@H]3C2)nc(-c2ccccc2O)n1. The zero-order valence-electron chi connectivity index (χ0n) is 13.3. The molecule has 7 heteroatoms. The number of nitrogens with zero attached hydrogens (tertiary/aromatic N) is 4. The van der Waals surface area contributed by atoms with Crippen molar-refractivity contribution in [1.82, 2.24) is 14.9 Å². The second kappa shape index (κ2) is 5.67. The maximum Gasteiger partial charge on any atom is 0.410 e. The van der Waals surface area contributed by atoms with Gasteiger partial charge in [-0.15, -0.1) is 0 Å². The Kier molecular flexibility index (Phi) is 3.48. The van der Waals surface area contributed by atoms with Crippen molar-refractivity contribution in [2.75, 3.05) is 31.1 Å². The maximum absolute atomic E-state index is 11.6. The average molecular weight is 326 g/mol. The van der Waals surface area contributed by atoms with E-state index in [0.717, 1.165) is 11.5 Å². The fourth-order valence-electron chi connectivity index (χ4n) is 3.19. The number of piperazine rings is 1. The third-order valence-corrected chi connectivity index (χ3v) is 4.43. The second-order valence-electron chi connectivity index (χ2n) is 6.08. The molecule has 0 saturated carbocycles. The summed E-state index contributed by atoms with van der Waals surface area (Å²) in [6.45, 7) is 4.34. The van der Waals surface area contributed by atoms with E-state index in [9.17, 15) is 9.90 Å². The number of carbonyl (C=O) groups excluding carboxylic acids is 1. The minimum atomic E-state index is -0.228. The highest BCUT2D eigenvalue weighted by molar-refractivity contribution is 5.71. The standard InChI is InChI=1S/C17H18N4O3/c1-11-8-15(19-16(18-11)13-4-2-3-5-14(13)22)20-6-7-21-12(9-20)10-24-17(21)23/h2-5,8,12,22H,6-7,9-10H2,1H3/t12-/m0/s1. The summed E-state index contributed by atoms with van der Waals surface area (Å²) in [5.74, 6) is 1.47. The second-order valence-corrected chi connectivity index (χ2v) is 6.08. The van der Waals surface area contributed by atoms with Crippen molar-refractivity contribution in [3.05, 3.63) is 36.0 Å². The minimum Gasteiger partial charge on any atom is -0.507 e. The summed E-state index contributed by atoms with van der Waals surface area (Å²) in [6.07, 6.45) is -0.228. The van der Waals surface area contributed by atoms with Crippen molar-refractivity contribution in [2.24, 2.45) is 0 Å². The smallest absolute Gasteiger partial charge is 0.410 e. The highest BCUT2D eigenvalue weighted by atomic mass is 16.6. The van der Waals surface area contributed by atoms with Crippen LogP contribution in [0.1, 0.15) is 5.69 Å². The first-order chi connectivity index (χ1) is 11.6. The Bertz CT molecular complexity index is 795. The largest absolute Gasteiger partial charge is 0.507 e. The van der Waals surface area contributed by atoms with Crippen LogP contribution in [0, 0.1) is 6.92 Å². The van der Waals surface area contributed by atoms with Gasteiger partial charge in [0, 0.05) is 31.4 Å². The summed E-state index contributed by atoms with van der Waals surface area (Å²) in [4.78, 5) is 24.6. The van der Waals surface area contributed by atoms with Crippen molar-refractivity contribution in [2.45, 2.75) is 13.0 Å². The van der Waals surface area contributed by atoms with Gasteiger partial charge in [-0.25, -0.2) is 14.8 Å². The molecule has 2 saturated heterocycles. The van der Waals surface area contributed by atoms with Gasteiger partial charge < -0.3 is 14.7 Å². The molecule has 7 nitrogen and oxygen atoms in total. The molecule has 124 valence electrons. The van der Waals surface area contributed by atoms with Gasteiger partial charge in [-0.2, -0.15) is 0 Å². The molecule has 2 aliphatic heterocycles. The van der Waals surface area contributed by atoms with E-state index in [0.29, 0.717) is 37.6 Å². The number of aryl methyl sites for hydroxylation is 1. The molecule has 1 N–H and O–H groups in total. The van der Waals surface area contributed by atoms with Crippen LogP contribution in [0.5, 0.6) is 5.75 Å². The first-order valence-electron chi connectivity index (χ1n) is 7.94. The van der Waals surface area contributed by atoms with Crippen LogP contribution in [-0.2, 0) is 4.74 Å². The van der Waals surface area contributed by atoms with E-state index in [4.69, 9.17) is 4.74 Å². The fourth-order valence-corrected chi connectivity index (χ4v) is 3.19. The molecule has 2 aliphatic rings. The Morgan fingerprint density at radius 2 is 2.08 bits per heavy atom. The van der Waals surface area contributed by atoms with Gasteiger partial charge in [0.25, 0.3) is 0 Å². The topological polar surface area (TPSA) is 78.8 Å². The number of rotatable bonds is 2. The zero-order valence-corrected chi connectivity index (χ0v) is 13.3. The van der Waals surface area contributed by atoms with Gasteiger partial charge in [0.1, 0.15) is 18.2 Å². The lowest BCUT2D eigenvalue weighted by molar-refractivity contribution is 0.157. The lowest BCUT2D eigenvalue weighted by Gasteiger charge is -2.36. The van der Waals surface area contributed by atoms with Gasteiger partial charge >= 0.3 is 6.09 Å². The highest BCUT2D eigenvalue weighted by Gasteiger charge is 2.37. The van der Waals surface area contributed by atoms with Crippen LogP contribution < -0.4 is 4.90 Å². The van der Waals surface area contributed by atoms with Gasteiger partial charge in [0.15, 0.2) is 5.82 Å². The van der Waals surface area contributed by atoms with E-state index in [1.807, 2.05) is 19.1 Å². The number of amides is 1. The first-order valence-corrected chi connectivity index (χ1v) is 7.94. The van der Waals surface area contributed by atoms with Crippen molar-refractivity contribution in [1.29, 1.82) is 0 Å². The van der Waals surface area contributed by atoms with Crippen molar-refractivity contribution < 1.29 is 14.6 Å². The van der Waals surface area contributed by atoms with Crippen LogP contribution in [0.3, 0.4) is 0 Å². The van der Waals surface area contributed by atoms with E-state index in [1.165, 1.54) is 0 Å². The molecule has 24 heavy (non-hydrogen) atoms. The normalized spacial score (nSPS) is 20.0. The summed E-state index contributed by atoms with van der Waals surface area (Å²) in [5, 5.41) is 10.1. The molecule has 1 aromatic carbocycles. The van der Waals surface area contributed by atoms with Gasteiger partial charge in [0.2, 0.25) is 0 Å². The van der Waals surface area contributed by atoms with Crippen LogP contribution in [0.15, 0.2) is 30.3 Å². The Balaban J connectivity index is 1.65. The predicted molar refractivity (Wildman–Crippen MR) is 87.9 cm³/mol. The quantitative estimate of drug-likeness (QED) is 0.906. The van der Waals surface area contributed by atoms with E-state index < -0.39 is 0 Å². The summed E-state index contributed by atoms with van der Waals surface area (Å²) >= 11 is 0. The molecule has 1 atom stereocenters. The molecular weight excluding hydrogens is 308 g/mol. The van der Waals surface area contributed by atoms with Crippen LogP contribution in [0.4, 0.5) is 10.6 Å². The number of phenolic OH excluding ortho intramolecular Hbond substituents is 1. The van der Waals surface area contributed by atoms with E-state index in [2.05, 4.69) is 14.9 Å². The Morgan fingerprint density at radius 3 is 2.92 bits per heavy atom. The average Bonchev–Trinajstić information content (AvgIpc) is 2.95. The molecule has 0 spiro atoms. The highest BCUT2D eigenvalue weighted by Crippen LogP contribution is 2.29. The lowest BCUT2D eigenvalue weighted by atomic mass is 10.1. The number of para-hydroxylation sites is 1. The molecule has 2 fully saturated rings. The monoisotopic (exact) mass is 326 g/mol. The van der Waals surface area contributed by atoms with Crippen molar-refractivity contribution in [3.63, 3.8) is 0 Å². The number of fused-ring (bicyclic) bond motifs is 1. The molecule has 3 heterocycles. The Labute approximate surface area is 139 Å². The third kappa shape index (κ3) is 2.51. The molecule has 0 radical (unpaired) electrons. The lowest BCUT2D eigenvalue weighted by Crippen LogP contribution is -2.52. The number of aromatic nitrogens is 2. The molecule has 0 aliphatic carbocycles. The molecule has 0 bridgehead atoms. The van der Waals surface area contributed by atoms with Crippen LogP contribution in [0.25, 0.3) is 11.4 Å². The zero-order chi connectivity index (χ0) is 16.7. The molecule has 2 aromatic rings. The Morgan fingerprint density at radius 1 is 1.25 bits per heavy atom. The third-order valence-electron chi connectivity index (χ3n) is 4.43. The van der Waals surface area contributed by atoms with Crippen molar-refractivity contribution >= 4 is 11.9 Å². The van der Waals surface area contributed by atoms with Gasteiger partial charge in [-0.05, 0) is 19.1 Å². The summed E-state index contributed by atoms with van der Waals surface area (Å²) in [6, 6.07) is 9.04.